The molecule has 0 aliphatic carbocycles. The lowest BCUT2D eigenvalue weighted by molar-refractivity contribution is 0.125. The van der Waals surface area contributed by atoms with E-state index in [0.717, 1.165) is 18.7 Å². The van der Waals surface area contributed by atoms with Crippen LogP contribution in [0.4, 0.5) is 0 Å². The zero-order chi connectivity index (χ0) is 12.7. The average Bonchev–Trinajstić information content (AvgIpc) is 2.30. The molecule has 0 amide bonds. The van der Waals surface area contributed by atoms with Gasteiger partial charge in [-0.3, -0.25) is 4.90 Å². The van der Waals surface area contributed by atoms with Gasteiger partial charge in [0.25, 0.3) is 0 Å². The highest BCUT2D eigenvalue weighted by molar-refractivity contribution is 5.23. The Morgan fingerprint density at radius 3 is 2.18 bits per heavy atom. The number of hydrogen-bond acceptors (Lipinski definition) is 2. The predicted octanol–water partition coefficient (Wildman–Crippen LogP) is 2.70. The summed E-state index contributed by atoms with van der Waals surface area (Å²) in [5, 5.41) is 10.1. The topological polar surface area (TPSA) is 23.5 Å². The third kappa shape index (κ3) is 4.55. The molecule has 0 fully saturated rings. The van der Waals surface area contributed by atoms with Crippen LogP contribution in [0.5, 0.6) is 0 Å². The van der Waals surface area contributed by atoms with Gasteiger partial charge in [-0.05, 0) is 12.5 Å². The minimum Gasteiger partial charge on any atom is -0.387 e. The van der Waals surface area contributed by atoms with E-state index in [9.17, 15) is 5.11 Å². The summed E-state index contributed by atoms with van der Waals surface area (Å²) < 4.78 is 0. The number of benzene rings is 1. The van der Waals surface area contributed by atoms with Crippen LogP contribution in [0.1, 0.15) is 17.2 Å². The van der Waals surface area contributed by atoms with Gasteiger partial charge in [-0.25, -0.2) is 0 Å². The molecule has 1 atom stereocenters. The van der Waals surface area contributed by atoms with Crippen LogP contribution in [0.2, 0.25) is 0 Å². The van der Waals surface area contributed by atoms with Crippen molar-refractivity contribution in [1.29, 1.82) is 0 Å². The van der Waals surface area contributed by atoms with Crippen LogP contribution in [0, 0.1) is 6.92 Å². The molecule has 0 radical (unpaired) electrons. The van der Waals surface area contributed by atoms with Gasteiger partial charge in [0.1, 0.15) is 0 Å². The van der Waals surface area contributed by atoms with Crippen molar-refractivity contribution < 1.29 is 5.11 Å². The molecule has 1 rings (SSSR count). The number of aliphatic hydroxyl groups is 1. The molecule has 1 unspecified atom stereocenters. The first kappa shape index (κ1) is 13.7. The molecule has 0 heterocycles. The summed E-state index contributed by atoms with van der Waals surface area (Å²) in [4.78, 5) is 2.10. The van der Waals surface area contributed by atoms with E-state index in [2.05, 4.69) is 18.1 Å². The largest absolute Gasteiger partial charge is 0.387 e. The van der Waals surface area contributed by atoms with E-state index >= 15 is 0 Å². The molecule has 2 heteroatoms. The smallest absolute Gasteiger partial charge is 0.0917 e. The summed E-state index contributed by atoms with van der Waals surface area (Å²) in [7, 11) is 0. The van der Waals surface area contributed by atoms with Crippen LogP contribution in [0.25, 0.3) is 0 Å². The zero-order valence-corrected chi connectivity index (χ0v) is 10.5. The van der Waals surface area contributed by atoms with Gasteiger partial charge >= 0.3 is 0 Å². The van der Waals surface area contributed by atoms with E-state index < -0.39 is 6.10 Å². The highest BCUT2D eigenvalue weighted by Gasteiger charge is 2.11. The second kappa shape index (κ2) is 7.05. The van der Waals surface area contributed by atoms with Crippen molar-refractivity contribution in [2.45, 2.75) is 13.0 Å². The van der Waals surface area contributed by atoms with Crippen LogP contribution in [-0.2, 0) is 0 Å². The number of aryl methyl sites for hydroxylation is 1. The molecule has 0 aromatic heterocycles. The van der Waals surface area contributed by atoms with Gasteiger partial charge in [0.2, 0.25) is 0 Å². The molecular formula is C15H21NO. The Morgan fingerprint density at radius 2 is 1.71 bits per heavy atom. The van der Waals surface area contributed by atoms with Crippen molar-refractivity contribution in [2.75, 3.05) is 19.6 Å². The molecule has 0 saturated carbocycles. The Hall–Kier alpha value is -1.38. The van der Waals surface area contributed by atoms with Crippen LogP contribution >= 0.6 is 0 Å². The highest BCUT2D eigenvalue weighted by Crippen LogP contribution is 2.15. The number of hydrogen-bond donors (Lipinski definition) is 1. The highest BCUT2D eigenvalue weighted by atomic mass is 16.3. The normalized spacial score (nSPS) is 12.4. The van der Waals surface area contributed by atoms with Gasteiger partial charge in [0.05, 0.1) is 6.10 Å². The van der Waals surface area contributed by atoms with Crippen molar-refractivity contribution >= 4 is 0 Å². The second-order valence-corrected chi connectivity index (χ2v) is 4.22. The molecule has 92 valence electrons. The SMILES string of the molecule is C=CCN(CC=C)CC(O)c1ccc(C)cc1. The molecule has 0 bridgehead atoms. The fourth-order valence-corrected chi connectivity index (χ4v) is 1.73. The van der Waals surface area contributed by atoms with Gasteiger partial charge in [-0.1, -0.05) is 42.0 Å². The monoisotopic (exact) mass is 231 g/mol. The molecule has 1 aromatic carbocycles. The van der Waals surface area contributed by atoms with Crippen molar-refractivity contribution in [1.82, 2.24) is 4.90 Å². The van der Waals surface area contributed by atoms with Gasteiger partial charge in [-0.15, -0.1) is 13.2 Å². The summed E-state index contributed by atoms with van der Waals surface area (Å²) >= 11 is 0. The average molecular weight is 231 g/mol. The van der Waals surface area contributed by atoms with E-state index in [0.29, 0.717) is 6.54 Å². The van der Waals surface area contributed by atoms with Gasteiger partial charge in [-0.2, -0.15) is 0 Å². The number of aliphatic hydroxyl groups excluding tert-OH is 1. The Bertz CT molecular complexity index is 346. The quantitative estimate of drug-likeness (QED) is 0.729. The van der Waals surface area contributed by atoms with Gasteiger partial charge in [0, 0.05) is 19.6 Å². The summed E-state index contributed by atoms with van der Waals surface area (Å²) in [6.45, 7) is 11.6. The third-order valence-electron chi connectivity index (χ3n) is 2.67. The Balaban J connectivity index is 2.62. The van der Waals surface area contributed by atoms with E-state index in [1.807, 2.05) is 43.3 Å². The van der Waals surface area contributed by atoms with Crippen molar-refractivity contribution in [3.8, 4) is 0 Å². The van der Waals surface area contributed by atoms with Crippen LogP contribution in [0.3, 0.4) is 0 Å². The maximum absolute atomic E-state index is 10.1. The lowest BCUT2D eigenvalue weighted by Gasteiger charge is -2.22. The fourth-order valence-electron chi connectivity index (χ4n) is 1.73. The Morgan fingerprint density at radius 1 is 1.18 bits per heavy atom. The maximum Gasteiger partial charge on any atom is 0.0917 e. The van der Waals surface area contributed by atoms with Crippen LogP contribution in [0.15, 0.2) is 49.6 Å². The lowest BCUT2D eigenvalue weighted by atomic mass is 10.1. The summed E-state index contributed by atoms with van der Waals surface area (Å²) in [6.07, 6.45) is 3.21. The minimum atomic E-state index is -0.463. The zero-order valence-electron chi connectivity index (χ0n) is 10.5. The molecule has 1 aromatic rings. The van der Waals surface area contributed by atoms with E-state index in [1.54, 1.807) is 0 Å². The molecule has 2 nitrogen and oxygen atoms in total. The second-order valence-electron chi connectivity index (χ2n) is 4.22. The lowest BCUT2D eigenvalue weighted by Crippen LogP contribution is -2.29. The molecule has 0 saturated heterocycles. The molecule has 17 heavy (non-hydrogen) atoms. The minimum absolute atomic E-state index is 0.463. The van der Waals surface area contributed by atoms with Gasteiger partial charge < -0.3 is 5.11 Å². The van der Waals surface area contributed by atoms with E-state index in [-0.39, 0.29) is 0 Å². The Kier molecular flexibility index (Phi) is 5.67. The number of rotatable bonds is 7. The van der Waals surface area contributed by atoms with E-state index in [1.165, 1.54) is 5.56 Å². The predicted molar refractivity (Wildman–Crippen MR) is 73.0 cm³/mol. The standard InChI is InChI=1S/C15H21NO/c1-4-10-16(11-5-2)12-15(17)14-8-6-13(3)7-9-14/h4-9,15,17H,1-2,10-12H2,3H3. The summed E-state index contributed by atoms with van der Waals surface area (Å²) in [6, 6.07) is 7.98. The van der Waals surface area contributed by atoms with Crippen molar-refractivity contribution in [3.63, 3.8) is 0 Å². The molecule has 1 N–H and O–H groups in total. The molecule has 0 aliphatic rings. The first-order valence-electron chi connectivity index (χ1n) is 5.86. The fraction of sp³-hybridized carbons (Fsp3) is 0.333. The van der Waals surface area contributed by atoms with Gasteiger partial charge in [0.15, 0.2) is 0 Å². The third-order valence-corrected chi connectivity index (χ3v) is 2.67. The summed E-state index contributed by atoms with van der Waals surface area (Å²) in [5.74, 6) is 0. The molecular weight excluding hydrogens is 210 g/mol. The van der Waals surface area contributed by atoms with Crippen LogP contribution in [-0.4, -0.2) is 29.6 Å². The summed E-state index contributed by atoms with van der Waals surface area (Å²) in [5.41, 5.74) is 2.16. The van der Waals surface area contributed by atoms with E-state index in [4.69, 9.17) is 0 Å². The Labute approximate surface area is 104 Å². The molecule has 0 aliphatic heterocycles. The maximum atomic E-state index is 10.1. The van der Waals surface area contributed by atoms with Crippen LogP contribution < -0.4 is 0 Å². The van der Waals surface area contributed by atoms with Crippen molar-refractivity contribution in [2.24, 2.45) is 0 Å². The number of nitrogens with zero attached hydrogens (tertiary/aromatic N) is 1. The first-order valence-corrected chi connectivity index (χ1v) is 5.86. The molecule has 0 spiro atoms. The first-order chi connectivity index (χ1) is 8.17. The van der Waals surface area contributed by atoms with Crippen molar-refractivity contribution in [3.05, 3.63) is 60.7 Å².